The van der Waals surface area contributed by atoms with Crippen LogP contribution >= 0.6 is 11.3 Å². The third kappa shape index (κ3) is 4.45. The van der Waals surface area contributed by atoms with Gasteiger partial charge in [-0.1, -0.05) is 32.1 Å². The number of hydrogen-bond donors (Lipinski definition) is 1. The van der Waals surface area contributed by atoms with E-state index in [0.29, 0.717) is 22.2 Å². The van der Waals surface area contributed by atoms with Crippen LogP contribution in [0.15, 0.2) is 0 Å². The number of nitrogens with zero attached hydrogens (tertiary/aromatic N) is 2. The average Bonchev–Trinajstić information content (AvgIpc) is 2.65. The first-order chi connectivity index (χ1) is 8.92. The number of aromatic nitrogens is 1. The molecule has 1 aromatic heterocycles. The Bertz CT molecular complexity index is 600. The van der Waals surface area contributed by atoms with Crippen LogP contribution in [-0.2, 0) is 10.0 Å². The lowest BCUT2D eigenvalue weighted by molar-refractivity contribution is 0.0942. The van der Waals surface area contributed by atoms with Crippen molar-refractivity contribution in [2.24, 2.45) is 5.41 Å². The van der Waals surface area contributed by atoms with Crippen molar-refractivity contribution < 1.29 is 13.2 Å². The Kier molecular flexibility index (Phi) is 4.81. The molecule has 0 saturated heterocycles. The second-order valence-electron chi connectivity index (χ2n) is 5.88. The number of carbonyl (C=O) groups is 1. The second kappa shape index (κ2) is 5.69. The zero-order valence-electron chi connectivity index (χ0n) is 12.6. The molecule has 1 amide bonds. The van der Waals surface area contributed by atoms with Gasteiger partial charge in [-0.25, -0.2) is 17.7 Å². The van der Waals surface area contributed by atoms with E-state index >= 15 is 0 Å². The predicted molar refractivity (Wildman–Crippen MR) is 81.9 cm³/mol. The number of sulfonamides is 1. The van der Waals surface area contributed by atoms with Crippen molar-refractivity contribution in [3.05, 3.63) is 10.6 Å². The molecule has 1 heterocycles. The fraction of sp³-hybridized carbons (Fsp3) is 0.667. The van der Waals surface area contributed by atoms with Crippen LogP contribution in [0.1, 0.15) is 36.1 Å². The Morgan fingerprint density at radius 3 is 2.40 bits per heavy atom. The van der Waals surface area contributed by atoms with Crippen molar-refractivity contribution in [1.29, 1.82) is 0 Å². The van der Waals surface area contributed by atoms with Crippen LogP contribution in [0.25, 0.3) is 0 Å². The van der Waals surface area contributed by atoms with E-state index in [1.54, 1.807) is 6.92 Å². The number of aryl methyl sites for hydroxylation is 1. The number of anilines is 1. The molecule has 20 heavy (non-hydrogen) atoms. The van der Waals surface area contributed by atoms with Gasteiger partial charge >= 0.3 is 0 Å². The summed E-state index contributed by atoms with van der Waals surface area (Å²) in [6.45, 7) is 8.31. The van der Waals surface area contributed by atoms with Gasteiger partial charge in [-0.05, 0) is 12.3 Å². The maximum atomic E-state index is 12.1. The molecule has 0 fully saturated rings. The largest absolute Gasteiger partial charge is 0.351 e. The summed E-state index contributed by atoms with van der Waals surface area (Å²) in [5.74, 6) is -0.219. The summed E-state index contributed by atoms with van der Waals surface area (Å²) < 4.78 is 24.0. The standard InChI is InChI=1S/C12H21N3O3S2/c1-8-9(10(16)13-7-12(2,3)4)19-11(14-8)15(5)20(6,17)18/h7H2,1-6H3,(H,13,16). The molecule has 0 spiro atoms. The van der Waals surface area contributed by atoms with Gasteiger partial charge in [0.2, 0.25) is 10.0 Å². The van der Waals surface area contributed by atoms with E-state index in [9.17, 15) is 13.2 Å². The second-order valence-corrected chi connectivity index (χ2v) is 8.88. The van der Waals surface area contributed by atoms with Crippen LogP contribution < -0.4 is 9.62 Å². The van der Waals surface area contributed by atoms with E-state index in [0.717, 1.165) is 21.9 Å². The zero-order valence-corrected chi connectivity index (χ0v) is 14.3. The van der Waals surface area contributed by atoms with Gasteiger partial charge in [0.25, 0.3) is 5.91 Å². The highest BCUT2D eigenvalue weighted by Crippen LogP contribution is 2.26. The number of nitrogens with one attached hydrogen (secondary N) is 1. The summed E-state index contributed by atoms with van der Waals surface area (Å²) in [5.41, 5.74) is 0.521. The number of rotatable bonds is 4. The van der Waals surface area contributed by atoms with Crippen LogP contribution in [-0.4, -0.2) is 39.2 Å². The van der Waals surface area contributed by atoms with Gasteiger partial charge in [-0.15, -0.1) is 0 Å². The number of thiazole rings is 1. The van der Waals surface area contributed by atoms with Crippen molar-refractivity contribution >= 4 is 32.4 Å². The first-order valence-corrected chi connectivity index (χ1v) is 8.78. The summed E-state index contributed by atoms with van der Waals surface area (Å²) in [4.78, 5) is 16.7. The molecule has 1 N–H and O–H groups in total. The van der Waals surface area contributed by atoms with Gasteiger partial charge in [-0.2, -0.15) is 0 Å². The van der Waals surface area contributed by atoms with E-state index in [1.165, 1.54) is 7.05 Å². The monoisotopic (exact) mass is 319 g/mol. The smallest absolute Gasteiger partial charge is 0.263 e. The maximum absolute atomic E-state index is 12.1. The Balaban J connectivity index is 2.93. The van der Waals surface area contributed by atoms with Crippen molar-refractivity contribution in [2.75, 3.05) is 24.2 Å². The number of carbonyl (C=O) groups excluding carboxylic acids is 1. The Labute approximate surface area is 124 Å². The van der Waals surface area contributed by atoms with Crippen molar-refractivity contribution in [1.82, 2.24) is 10.3 Å². The van der Waals surface area contributed by atoms with Crippen LogP contribution in [0.4, 0.5) is 5.13 Å². The normalized spacial score (nSPS) is 12.3. The van der Waals surface area contributed by atoms with Crippen LogP contribution in [0.3, 0.4) is 0 Å². The molecule has 0 aliphatic heterocycles. The first kappa shape index (κ1) is 16.9. The molecule has 6 nitrogen and oxygen atoms in total. The van der Waals surface area contributed by atoms with Crippen molar-refractivity contribution in [3.8, 4) is 0 Å². The van der Waals surface area contributed by atoms with Crippen molar-refractivity contribution in [2.45, 2.75) is 27.7 Å². The highest BCUT2D eigenvalue weighted by molar-refractivity contribution is 7.92. The van der Waals surface area contributed by atoms with Gasteiger partial charge in [0.15, 0.2) is 5.13 Å². The van der Waals surface area contributed by atoms with Gasteiger partial charge < -0.3 is 5.32 Å². The van der Waals surface area contributed by atoms with E-state index in [2.05, 4.69) is 10.3 Å². The van der Waals surface area contributed by atoms with E-state index in [4.69, 9.17) is 0 Å². The molecule has 0 atom stereocenters. The summed E-state index contributed by atoms with van der Waals surface area (Å²) in [7, 11) is -1.95. The Morgan fingerprint density at radius 1 is 1.40 bits per heavy atom. The maximum Gasteiger partial charge on any atom is 0.263 e. The average molecular weight is 319 g/mol. The molecule has 1 aromatic rings. The Morgan fingerprint density at radius 2 is 1.95 bits per heavy atom. The van der Waals surface area contributed by atoms with Gasteiger partial charge in [0.1, 0.15) is 4.88 Å². The van der Waals surface area contributed by atoms with Crippen LogP contribution in [0, 0.1) is 12.3 Å². The lowest BCUT2D eigenvalue weighted by Gasteiger charge is -2.18. The molecule has 0 aliphatic carbocycles. The highest BCUT2D eigenvalue weighted by atomic mass is 32.2. The molecule has 1 rings (SSSR count). The summed E-state index contributed by atoms with van der Waals surface area (Å²) in [6.07, 6.45) is 1.10. The van der Waals surface area contributed by atoms with Crippen LogP contribution in [0.5, 0.6) is 0 Å². The van der Waals surface area contributed by atoms with E-state index in [-0.39, 0.29) is 11.3 Å². The lowest BCUT2D eigenvalue weighted by Crippen LogP contribution is -2.32. The van der Waals surface area contributed by atoms with Gasteiger partial charge in [-0.3, -0.25) is 4.79 Å². The van der Waals surface area contributed by atoms with E-state index < -0.39 is 10.0 Å². The fourth-order valence-electron chi connectivity index (χ4n) is 1.30. The SMILES string of the molecule is Cc1nc(N(C)S(C)(=O)=O)sc1C(=O)NCC(C)(C)C. The summed E-state index contributed by atoms with van der Waals surface area (Å²) >= 11 is 1.08. The predicted octanol–water partition coefficient (Wildman–Crippen LogP) is 1.62. The third-order valence-electron chi connectivity index (χ3n) is 2.54. The number of hydrogen-bond acceptors (Lipinski definition) is 5. The minimum Gasteiger partial charge on any atom is -0.351 e. The lowest BCUT2D eigenvalue weighted by atomic mass is 9.97. The van der Waals surface area contributed by atoms with Crippen molar-refractivity contribution in [3.63, 3.8) is 0 Å². The fourth-order valence-corrected chi connectivity index (χ4v) is 2.99. The minimum atomic E-state index is -3.37. The first-order valence-electron chi connectivity index (χ1n) is 6.11. The molecule has 0 saturated carbocycles. The number of amides is 1. The van der Waals surface area contributed by atoms with Gasteiger partial charge in [0, 0.05) is 13.6 Å². The third-order valence-corrected chi connectivity index (χ3v) is 5.05. The molecule has 0 radical (unpaired) electrons. The van der Waals surface area contributed by atoms with Gasteiger partial charge in [0.05, 0.1) is 11.9 Å². The minimum absolute atomic E-state index is 0.0133. The Hall–Kier alpha value is -1.15. The summed E-state index contributed by atoms with van der Waals surface area (Å²) in [5, 5.41) is 3.13. The highest BCUT2D eigenvalue weighted by Gasteiger charge is 2.22. The molecule has 0 unspecified atom stereocenters. The molecule has 0 aromatic carbocycles. The molecule has 114 valence electrons. The van der Waals surface area contributed by atoms with E-state index in [1.807, 2.05) is 20.8 Å². The quantitative estimate of drug-likeness (QED) is 0.914. The topological polar surface area (TPSA) is 79.4 Å². The molecule has 0 bridgehead atoms. The summed E-state index contributed by atoms with van der Waals surface area (Å²) in [6, 6.07) is 0. The van der Waals surface area contributed by atoms with Crippen LogP contribution in [0.2, 0.25) is 0 Å². The molecule has 8 heteroatoms. The molecular formula is C12H21N3O3S2. The molecular weight excluding hydrogens is 298 g/mol. The zero-order chi connectivity index (χ0) is 15.7. The molecule has 0 aliphatic rings.